The molecule has 0 unspecified atom stereocenters. The molecule has 3 rings (SSSR count). The topological polar surface area (TPSA) is 54.5 Å². The Hall–Kier alpha value is -0.580. The van der Waals surface area contributed by atoms with Crippen LogP contribution in [0.25, 0.3) is 0 Å². The minimum atomic E-state index is -2.92. The molecule has 1 heterocycles. The molecule has 0 aromatic carbocycles. The van der Waals surface area contributed by atoms with Crippen molar-refractivity contribution in [2.45, 2.75) is 57.9 Å². The van der Waals surface area contributed by atoms with Gasteiger partial charge in [0.15, 0.2) is 9.84 Å². The zero-order valence-electron chi connectivity index (χ0n) is 13.0. The van der Waals surface area contributed by atoms with E-state index in [-0.39, 0.29) is 23.5 Å². The van der Waals surface area contributed by atoms with Crippen LogP contribution in [0.2, 0.25) is 0 Å². The van der Waals surface area contributed by atoms with E-state index in [1.807, 2.05) is 4.90 Å². The molecule has 21 heavy (non-hydrogen) atoms. The van der Waals surface area contributed by atoms with Crippen LogP contribution in [0.3, 0.4) is 0 Å². The van der Waals surface area contributed by atoms with Gasteiger partial charge in [-0.15, -0.1) is 0 Å². The summed E-state index contributed by atoms with van der Waals surface area (Å²) in [5, 5.41) is 0. The number of amides is 1. The lowest BCUT2D eigenvalue weighted by Crippen LogP contribution is -2.42. The Morgan fingerprint density at radius 2 is 2.00 bits per heavy atom. The molecule has 5 heteroatoms. The Bertz CT molecular complexity index is 502. The Morgan fingerprint density at radius 3 is 2.52 bits per heavy atom. The fraction of sp³-hybridized carbons (Fsp3) is 0.938. The van der Waals surface area contributed by atoms with Crippen LogP contribution in [0.5, 0.6) is 0 Å². The molecule has 1 aliphatic heterocycles. The summed E-state index contributed by atoms with van der Waals surface area (Å²) in [4.78, 5) is 14.6. The van der Waals surface area contributed by atoms with Gasteiger partial charge in [0.2, 0.25) is 5.91 Å². The molecule has 2 saturated carbocycles. The van der Waals surface area contributed by atoms with E-state index in [1.165, 1.54) is 25.7 Å². The van der Waals surface area contributed by atoms with Crippen molar-refractivity contribution >= 4 is 15.7 Å². The van der Waals surface area contributed by atoms with Crippen molar-refractivity contribution in [2.75, 3.05) is 18.1 Å². The first-order valence-electron chi connectivity index (χ1n) is 8.48. The normalized spacial score (nSPS) is 37.0. The first-order valence-corrected chi connectivity index (χ1v) is 10.3. The third-order valence-electron chi connectivity index (χ3n) is 5.76. The number of rotatable bonds is 5. The molecule has 1 saturated heterocycles. The Balaban J connectivity index is 1.62. The highest BCUT2D eigenvalue weighted by Gasteiger charge is 2.42. The van der Waals surface area contributed by atoms with Gasteiger partial charge >= 0.3 is 0 Å². The highest BCUT2D eigenvalue weighted by molar-refractivity contribution is 7.91. The maximum Gasteiger partial charge on any atom is 0.223 e. The van der Waals surface area contributed by atoms with Gasteiger partial charge in [-0.1, -0.05) is 13.3 Å². The van der Waals surface area contributed by atoms with Gasteiger partial charge in [-0.2, -0.15) is 0 Å². The van der Waals surface area contributed by atoms with Crippen molar-refractivity contribution in [1.29, 1.82) is 0 Å². The highest BCUT2D eigenvalue weighted by Crippen LogP contribution is 2.49. The van der Waals surface area contributed by atoms with E-state index in [1.54, 1.807) is 0 Å². The lowest BCUT2D eigenvalue weighted by atomic mass is 9.86. The second-order valence-corrected chi connectivity index (χ2v) is 9.51. The van der Waals surface area contributed by atoms with Gasteiger partial charge in [0.05, 0.1) is 11.5 Å². The van der Waals surface area contributed by atoms with Gasteiger partial charge < -0.3 is 4.90 Å². The molecule has 0 spiro atoms. The maximum atomic E-state index is 12.7. The molecule has 120 valence electrons. The average Bonchev–Trinajstić information content (AvgIpc) is 3.11. The van der Waals surface area contributed by atoms with E-state index in [0.29, 0.717) is 25.3 Å². The first kappa shape index (κ1) is 15.3. The van der Waals surface area contributed by atoms with Crippen molar-refractivity contribution in [3.63, 3.8) is 0 Å². The van der Waals surface area contributed by atoms with E-state index in [4.69, 9.17) is 0 Å². The number of hydrogen-bond donors (Lipinski definition) is 0. The molecular formula is C16H27NO3S. The molecule has 1 amide bonds. The predicted octanol–water partition coefficient (Wildman–Crippen LogP) is 2.24. The quantitative estimate of drug-likeness (QED) is 0.782. The highest BCUT2D eigenvalue weighted by atomic mass is 32.2. The fourth-order valence-corrected chi connectivity index (χ4v) is 6.47. The van der Waals surface area contributed by atoms with E-state index in [2.05, 4.69) is 6.92 Å². The van der Waals surface area contributed by atoms with E-state index in [9.17, 15) is 13.2 Å². The van der Waals surface area contributed by atoms with E-state index in [0.717, 1.165) is 18.3 Å². The summed E-state index contributed by atoms with van der Waals surface area (Å²) in [6.45, 7) is 2.76. The van der Waals surface area contributed by atoms with Crippen molar-refractivity contribution in [2.24, 2.45) is 17.8 Å². The molecule has 2 bridgehead atoms. The number of carbonyl (C=O) groups is 1. The van der Waals surface area contributed by atoms with Gasteiger partial charge in [0.25, 0.3) is 0 Å². The summed E-state index contributed by atoms with van der Waals surface area (Å²) in [6, 6.07) is -0.0685. The van der Waals surface area contributed by atoms with Gasteiger partial charge in [0.1, 0.15) is 0 Å². The largest absolute Gasteiger partial charge is 0.339 e. The van der Waals surface area contributed by atoms with Crippen LogP contribution < -0.4 is 0 Å². The lowest BCUT2D eigenvalue weighted by molar-refractivity contribution is -0.134. The van der Waals surface area contributed by atoms with Gasteiger partial charge in [-0.05, 0) is 49.9 Å². The van der Waals surface area contributed by atoms with Crippen molar-refractivity contribution in [3.8, 4) is 0 Å². The predicted molar refractivity (Wildman–Crippen MR) is 82.6 cm³/mol. The van der Waals surface area contributed by atoms with Crippen LogP contribution in [0.4, 0.5) is 0 Å². The SMILES string of the molecule is CCCN(C(=O)C[C@@H]1C[C@H]2CC[C@H]1C2)[C@@H]1CCS(=O)(=O)C1. The second kappa shape index (κ2) is 5.90. The third-order valence-corrected chi connectivity index (χ3v) is 7.51. The molecule has 4 atom stereocenters. The van der Waals surface area contributed by atoms with E-state index < -0.39 is 9.84 Å². The van der Waals surface area contributed by atoms with E-state index >= 15 is 0 Å². The van der Waals surface area contributed by atoms with Gasteiger partial charge in [0, 0.05) is 19.0 Å². The fourth-order valence-electron chi connectivity index (χ4n) is 4.74. The smallest absolute Gasteiger partial charge is 0.223 e. The number of nitrogens with zero attached hydrogens (tertiary/aromatic N) is 1. The number of carbonyl (C=O) groups excluding carboxylic acids is 1. The van der Waals surface area contributed by atoms with Crippen molar-refractivity contribution < 1.29 is 13.2 Å². The molecule has 0 aromatic heterocycles. The Labute approximate surface area is 128 Å². The third kappa shape index (κ3) is 3.27. The van der Waals surface area contributed by atoms with Crippen LogP contribution in [-0.4, -0.2) is 43.3 Å². The summed E-state index contributed by atoms with van der Waals surface area (Å²) in [7, 11) is -2.92. The van der Waals surface area contributed by atoms with Crippen LogP contribution in [-0.2, 0) is 14.6 Å². The summed E-state index contributed by atoms with van der Waals surface area (Å²) in [5.74, 6) is 2.81. The number of sulfone groups is 1. The molecule has 0 N–H and O–H groups in total. The Kier molecular flexibility index (Phi) is 4.30. The van der Waals surface area contributed by atoms with Crippen LogP contribution in [0.1, 0.15) is 51.9 Å². The zero-order chi connectivity index (χ0) is 15.0. The monoisotopic (exact) mass is 313 g/mol. The molecule has 0 radical (unpaired) electrons. The standard InChI is InChI=1S/C16H27NO3S/c1-2-6-17(15-5-7-21(19,20)11-15)16(18)10-14-9-12-3-4-13(14)8-12/h12-15H,2-11H2,1H3/t12-,13-,14-,15+/m0/s1. The molecule has 4 nitrogen and oxygen atoms in total. The van der Waals surface area contributed by atoms with Gasteiger partial charge in [-0.3, -0.25) is 4.79 Å². The van der Waals surface area contributed by atoms with Crippen LogP contribution in [0.15, 0.2) is 0 Å². The molecule has 3 fully saturated rings. The summed E-state index contributed by atoms with van der Waals surface area (Å²) >= 11 is 0. The van der Waals surface area contributed by atoms with Crippen molar-refractivity contribution in [3.05, 3.63) is 0 Å². The molecule has 0 aromatic rings. The maximum absolute atomic E-state index is 12.7. The van der Waals surface area contributed by atoms with Crippen LogP contribution in [0, 0.1) is 17.8 Å². The summed E-state index contributed by atoms with van der Waals surface area (Å²) in [5.41, 5.74) is 0. The average molecular weight is 313 g/mol. The first-order chi connectivity index (χ1) is 9.98. The summed E-state index contributed by atoms with van der Waals surface area (Å²) < 4.78 is 23.4. The molecule has 3 aliphatic rings. The number of hydrogen-bond acceptors (Lipinski definition) is 3. The second-order valence-electron chi connectivity index (χ2n) is 7.28. The van der Waals surface area contributed by atoms with Gasteiger partial charge in [-0.25, -0.2) is 8.42 Å². The minimum absolute atomic E-state index is 0.0685. The summed E-state index contributed by atoms with van der Waals surface area (Å²) in [6.07, 6.45) is 7.38. The van der Waals surface area contributed by atoms with Crippen LogP contribution >= 0.6 is 0 Å². The minimum Gasteiger partial charge on any atom is -0.339 e. The zero-order valence-corrected chi connectivity index (χ0v) is 13.8. The number of fused-ring (bicyclic) bond motifs is 2. The Morgan fingerprint density at radius 1 is 1.19 bits per heavy atom. The van der Waals surface area contributed by atoms with Crippen molar-refractivity contribution in [1.82, 2.24) is 4.90 Å². The lowest BCUT2D eigenvalue weighted by Gasteiger charge is -2.30. The molecule has 2 aliphatic carbocycles. The molecular weight excluding hydrogens is 286 g/mol.